The fourth-order valence-corrected chi connectivity index (χ4v) is 3.89. The molecule has 1 fully saturated rings. The van der Waals surface area contributed by atoms with Gasteiger partial charge in [-0.2, -0.15) is 13.2 Å². The second kappa shape index (κ2) is 8.47. The lowest BCUT2D eigenvalue weighted by Crippen LogP contribution is -2.49. The van der Waals surface area contributed by atoms with Gasteiger partial charge in [0.1, 0.15) is 5.82 Å². The SMILES string of the molecule is O=C(c1cc(F)cc(C(F)(F)F)c1)N1CCN(c2nccc(-c3ccc4c(c3)OCO4)n2)CC1. The summed E-state index contributed by atoms with van der Waals surface area (Å²) >= 11 is 0. The molecule has 2 aromatic carbocycles. The molecule has 0 unspecified atom stereocenters. The summed E-state index contributed by atoms with van der Waals surface area (Å²) in [7, 11) is 0. The summed E-state index contributed by atoms with van der Waals surface area (Å²) in [5, 5.41) is 0. The lowest BCUT2D eigenvalue weighted by atomic mass is 10.1. The van der Waals surface area contributed by atoms with E-state index >= 15 is 0 Å². The molecular weight excluding hydrogens is 456 g/mol. The maximum absolute atomic E-state index is 13.7. The zero-order valence-corrected chi connectivity index (χ0v) is 17.7. The highest BCUT2D eigenvalue weighted by Gasteiger charge is 2.33. The minimum atomic E-state index is -4.74. The highest BCUT2D eigenvalue weighted by Crippen LogP contribution is 2.35. The summed E-state index contributed by atoms with van der Waals surface area (Å²) in [6, 6.07) is 9.14. The van der Waals surface area contributed by atoms with E-state index in [1.54, 1.807) is 18.3 Å². The minimum absolute atomic E-state index is 0.171. The van der Waals surface area contributed by atoms with E-state index in [-0.39, 0.29) is 25.4 Å². The van der Waals surface area contributed by atoms with E-state index in [0.717, 1.165) is 11.6 Å². The molecule has 1 amide bonds. The van der Waals surface area contributed by atoms with E-state index in [2.05, 4.69) is 9.97 Å². The van der Waals surface area contributed by atoms with Crippen LogP contribution in [0.1, 0.15) is 15.9 Å². The summed E-state index contributed by atoms with van der Waals surface area (Å²) < 4.78 is 63.4. The lowest BCUT2D eigenvalue weighted by Gasteiger charge is -2.35. The van der Waals surface area contributed by atoms with Crippen LogP contribution in [-0.4, -0.2) is 53.7 Å². The Kier molecular flexibility index (Phi) is 5.46. The Labute approximate surface area is 191 Å². The summed E-state index contributed by atoms with van der Waals surface area (Å²) in [6.07, 6.45) is -3.11. The molecule has 11 heteroatoms. The number of aromatic nitrogens is 2. The highest BCUT2D eigenvalue weighted by molar-refractivity contribution is 5.94. The number of carbonyl (C=O) groups is 1. The smallest absolute Gasteiger partial charge is 0.416 e. The van der Waals surface area contributed by atoms with E-state index in [1.807, 2.05) is 17.0 Å². The monoisotopic (exact) mass is 474 g/mol. The van der Waals surface area contributed by atoms with E-state index in [4.69, 9.17) is 9.47 Å². The average Bonchev–Trinajstić information content (AvgIpc) is 3.31. The number of hydrogen-bond donors (Lipinski definition) is 0. The Morgan fingerprint density at radius 3 is 2.47 bits per heavy atom. The van der Waals surface area contributed by atoms with Gasteiger partial charge >= 0.3 is 6.18 Å². The third kappa shape index (κ3) is 4.33. The van der Waals surface area contributed by atoms with Crippen LogP contribution in [-0.2, 0) is 6.18 Å². The number of hydrogen-bond acceptors (Lipinski definition) is 6. The van der Waals surface area contributed by atoms with Gasteiger partial charge in [-0.05, 0) is 42.5 Å². The molecule has 2 aliphatic heterocycles. The molecule has 0 saturated carbocycles. The number of anilines is 1. The number of nitrogens with zero attached hydrogens (tertiary/aromatic N) is 4. The average molecular weight is 474 g/mol. The number of benzene rings is 2. The molecule has 2 aliphatic rings. The Morgan fingerprint density at radius 1 is 0.941 bits per heavy atom. The van der Waals surface area contributed by atoms with Crippen molar-refractivity contribution in [1.82, 2.24) is 14.9 Å². The maximum atomic E-state index is 13.7. The van der Waals surface area contributed by atoms with Crippen LogP contribution in [0.2, 0.25) is 0 Å². The number of fused-ring (bicyclic) bond motifs is 1. The van der Waals surface area contributed by atoms with Crippen molar-refractivity contribution in [2.24, 2.45) is 0 Å². The second-order valence-corrected chi connectivity index (χ2v) is 7.82. The molecule has 5 rings (SSSR count). The number of rotatable bonds is 3. The first-order valence-electron chi connectivity index (χ1n) is 10.4. The number of amides is 1. The van der Waals surface area contributed by atoms with Gasteiger partial charge in [0.05, 0.1) is 11.3 Å². The number of alkyl halides is 3. The second-order valence-electron chi connectivity index (χ2n) is 7.82. The fourth-order valence-electron chi connectivity index (χ4n) is 3.89. The van der Waals surface area contributed by atoms with Crippen LogP contribution in [0.25, 0.3) is 11.3 Å². The molecule has 1 aromatic heterocycles. The van der Waals surface area contributed by atoms with E-state index in [0.29, 0.717) is 48.4 Å². The number of ether oxygens (including phenoxy) is 2. The number of piperazine rings is 1. The molecule has 0 atom stereocenters. The Morgan fingerprint density at radius 2 is 1.71 bits per heavy atom. The van der Waals surface area contributed by atoms with Crippen molar-refractivity contribution >= 4 is 11.9 Å². The van der Waals surface area contributed by atoms with Gasteiger partial charge in [-0.3, -0.25) is 4.79 Å². The van der Waals surface area contributed by atoms with Gasteiger partial charge in [0.2, 0.25) is 12.7 Å². The highest BCUT2D eigenvalue weighted by atomic mass is 19.4. The van der Waals surface area contributed by atoms with Crippen LogP contribution in [0.5, 0.6) is 11.5 Å². The Balaban J connectivity index is 1.28. The van der Waals surface area contributed by atoms with Crippen molar-refractivity contribution in [1.29, 1.82) is 0 Å². The first kappa shape index (κ1) is 21.9. The fraction of sp³-hybridized carbons (Fsp3) is 0.261. The van der Waals surface area contributed by atoms with Crippen molar-refractivity contribution in [2.45, 2.75) is 6.18 Å². The van der Waals surface area contributed by atoms with Crippen molar-refractivity contribution in [3.63, 3.8) is 0 Å². The van der Waals surface area contributed by atoms with Gasteiger partial charge in [-0.15, -0.1) is 0 Å². The molecule has 1 saturated heterocycles. The molecule has 0 bridgehead atoms. The molecular formula is C23H18F4N4O3. The van der Waals surface area contributed by atoms with Crippen LogP contribution in [0, 0.1) is 5.82 Å². The topological polar surface area (TPSA) is 67.8 Å². The van der Waals surface area contributed by atoms with Crippen molar-refractivity contribution in [3.8, 4) is 22.8 Å². The van der Waals surface area contributed by atoms with Crippen LogP contribution < -0.4 is 14.4 Å². The summed E-state index contributed by atoms with van der Waals surface area (Å²) in [5.41, 5.74) is -0.0143. The third-order valence-electron chi connectivity index (χ3n) is 5.63. The van der Waals surface area contributed by atoms with Gasteiger partial charge in [0.15, 0.2) is 11.5 Å². The molecule has 7 nitrogen and oxygen atoms in total. The van der Waals surface area contributed by atoms with Crippen LogP contribution in [0.4, 0.5) is 23.5 Å². The Hall–Kier alpha value is -3.89. The van der Waals surface area contributed by atoms with Crippen molar-refractivity contribution < 1.29 is 31.8 Å². The van der Waals surface area contributed by atoms with Crippen molar-refractivity contribution in [3.05, 3.63) is 65.6 Å². The number of halogens is 4. The van der Waals surface area contributed by atoms with E-state index < -0.39 is 23.5 Å². The number of carbonyl (C=O) groups excluding carboxylic acids is 1. The van der Waals surface area contributed by atoms with Gasteiger partial charge in [0.25, 0.3) is 5.91 Å². The lowest BCUT2D eigenvalue weighted by molar-refractivity contribution is -0.137. The zero-order valence-electron chi connectivity index (χ0n) is 17.7. The molecule has 34 heavy (non-hydrogen) atoms. The molecule has 0 radical (unpaired) electrons. The molecule has 0 N–H and O–H groups in total. The Bertz CT molecular complexity index is 1240. The van der Waals surface area contributed by atoms with Gasteiger partial charge in [-0.1, -0.05) is 0 Å². The van der Waals surface area contributed by atoms with Gasteiger partial charge < -0.3 is 19.3 Å². The molecule has 0 spiro atoms. The predicted octanol–water partition coefficient (Wildman–Crippen LogP) is 3.99. The van der Waals surface area contributed by atoms with Crippen LogP contribution >= 0.6 is 0 Å². The summed E-state index contributed by atoms with van der Waals surface area (Å²) in [5.74, 6) is 0.00731. The summed E-state index contributed by atoms with van der Waals surface area (Å²) in [6.45, 7) is 1.38. The van der Waals surface area contributed by atoms with E-state index in [9.17, 15) is 22.4 Å². The molecule has 0 aliphatic carbocycles. The molecule has 3 heterocycles. The predicted molar refractivity (Wildman–Crippen MR) is 113 cm³/mol. The standard InChI is InChI=1S/C23H18F4N4O3/c24-17-10-15(9-16(12-17)23(25,26)27)21(32)30-5-7-31(8-6-30)22-28-4-3-18(29-22)14-1-2-19-20(11-14)34-13-33-19/h1-4,9-12H,5-8,13H2. The van der Waals surface area contributed by atoms with E-state index in [1.165, 1.54) is 4.90 Å². The molecule has 3 aromatic rings. The maximum Gasteiger partial charge on any atom is 0.416 e. The normalized spacial score (nSPS) is 15.5. The van der Waals surface area contributed by atoms with Crippen LogP contribution in [0.3, 0.4) is 0 Å². The summed E-state index contributed by atoms with van der Waals surface area (Å²) in [4.78, 5) is 24.9. The quantitative estimate of drug-likeness (QED) is 0.535. The minimum Gasteiger partial charge on any atom is -0.454 e. The van der Waals surface area contributed by atoms with Gasteiger partial charge in [0, 0.05) is 43.5 Å². The van der Waals surface area contributed by atoms with Gasteiger partial charge in [-0.25, -0.2) is 14.4 Å². The molecule has 176 valence electrons. The third-order valence-corrected chi connectivity index (χ3v) is 5.63. The first-order chi connectivity index (χ1) is 16.3. The largest absolute Gasteiger partial charge is 0.454 e. The first-order valence-corrected chi connectivity index (χ1v) is 10.4. The zero-order chi connectivity index (χ0) is 23.9. The van der Waals surface area contributed by atoms with Crippen molar-refractivity contribution in [2.75, 3.05) is 37.9 Å². The van der Waals surface area contributed by atoms with Crippen LogP contribution in [0.15, 0.2) is 48.7 Å².